The Hall–Kier alpha value is -3.67. The summed E-state index contributed by atoms with van der Waals surface area (Å²) in [5, 5.41) is 9.51. The van der Waals surface area contributed by atoms with E-state index in [1.807, 2.05) is 54.9 Å². The number of fused-ring (bicyclic) bond motifs is 1. The molecule has 0 aliphatic carbocycles. The van der Waals surface area contributed by atoms with Gasteiger partial charge in [-0.2, -0.15) is 5.10 Å². The lowest BCUT2D eigenvalue weighted by Gasteiger charge is -2.08. The number of benzene rings is 2. The summed E-state index contributed by atoms with van der Waals surface area (Å²) in [6.45, 7) is 5.12. The standard InChI is InChI=1S/C24H24N4O2/c1-16-22(17(2)28(27-16)15-18-7-5-4-6-8-18)14-26-24(29)23-12-19-9-10-21(30-3)11-20(19)13-25-23/h4-13H,14-15H2,1-3H3,(H,26,29). The van der Waals surface area contributed by atoms with Gasteiger partial charge in [0.15, 0.2) is 0 Å². The van der Waals surface area contributed by atoms with E-state index in [0.717, 1.165) is 33.5 Å². The van der Waals surface area contributed by atoms with Crippen molar-refractivity contribution >= 4 is 16.7 Å². The Morgan fingerprint density at radius 1 is 1.07 bits per heavy atom. The lowest BCUT2D eigenvalue weighted by molar-refractivity contribution is 0.0946. The Morgan fingerprint density at radius 2 is 1.87 bits per heavy atom. The minimum Gasteiger partial charge on any atom is -0.497 e. The molecule has 0 aliphatic rings. The molecule has 1 amide bonds. The average Bonchev–Trinajstić information content (AvgIpc) is 3.04. The van der Waals surface area contributed by atoms with Crippen LogP contribution in [0.2, 0.25) is 0 Å². The summed E-state index contributed by atoms with van der Waals surface area (Å²) >= 11 is 0. The van der Waals surface area contributed by atoms with Crippen LogP contribution < -0.4 is 10.1 Å². The third kappa shape index (κ3) is 4.03. The van der Waals surface area contributed by atoms with E-state index in [1.165, 1.54) is 5.56 Å². The van der Waals surface area contributed by atoms with Crippen molar-refractivity contribution in [1.29, 1.82) is 0 Å². The Kier molecular flexibility index (Phi) is 5.48. The Labute approximate surface area is 175 Å². The maximum absolute atomic E-state index is 12.7. The summed E-state index contributed by atoms with van der Waals surface area (Å²) in [4.78, 5) is 17.0. The molecule has 152 valence electrons. The second-order valence-electron chi connectivity index (χ2n) is 7.26. The molecule has 2 aromatic carbocycles. The van der Waals surface area contributed by atoms with Gasteiger partial charge in [0.05, 0.1) is 19.3 Å². The molecule has 0 bridgehead atoms. The number of nitrogens with one attached hydrogen (secondary N) is 1. The molecule has 0 spiro atoms. The van der Waals surface area contributed by atoms with E-state index in [4.69, 9.17) is 4.74 Å². The Morgan fingerprint density at radius 3 is 2.63 bits per heavy atom. The summed E-state index contributed by atoms with van der Waals surface area (Å²) in [5.41, 5.74) is 4.58. The predicted molar refractivity (Wildman–Crippen MR) is 117 cm³/mol. The third-order valence-corrected chi connectivity index (χ3v) is 5.29. The smallest absolute Gasteiger partial charge is 0.270 e. The first kappa shape index (κ1) is 19.6. The van der Waals surface area contributed by atoms with Crippen LogP contribution in [0.25, 0.3) is 10.8 Å². The number of methoxy groups -OCH3 is 1. The van der Waals surface area contributed by atoms with Crippen molar-refractivity contribution in [2.45, 2.75) is 26.9 Å². The normalized spacial score (nSPS) is 10.9. The summed E-state index contributed by atoms with van der Waals surface area (Å²) in [6, 6.07) is 17.7. The molecule has 0 saturated heterocycles. The first-order valence-electron chi connectivity index (χ1n) is 9.84. The number of hydrogen-bond donors (Lipinski definition) is 1. The molecule has 0 fully saturated rings. The van der Waals surface area contributed by atoms with Crippen molar-refractivity contribution in [2.75, 3.05) is 7.11 Å². The first-order chi connectivity index (χ1) is 14.5. The number of aryl methyl sites for hydroxylation is 1. The number of nitrogens with zero attached hydrogens (tertiary/aromatic N) is 3. The van der Waals surface area contributed by atoms with Gasteiger partial charge in [-0.1, -0.05) is 36.4 Å². The van der Waals surface area contributed by atoms with Gasteiger partial charge in [0.25, 0.3) is 5.91 Å². The van der Waals surface area contributed by atoms with Gasteiger partial charge < -0.3 is 10.1 Å². The van der Waals surface area contributed by atoms with Gasteiger partial charge in [0.2, 0.25) is 0 Å². The van der Waals surface area contributed by atoms with Crippen molar-refractivity contribution in [3.63, 3.8) is 0 Å². The molecule has 0 unspecified atom stereocenters. The molecule has 2 aromatic heterocycles. The highest BCUT2D eigenvalue weighted by Gasteiger charge is 2.14. The van der Waals surface area contributed by atoms with E-state index in [1.54, 1.807) is 19.4 Å². The number of amides is 1. The molecule has 6 heteroatoms. The molecule has 0 aliphatic heterocycles. The summed E-state index contributed by atoms with van der Waals surface area (Å²) in [6.07, 6.45) is 1.70. The van der Waals surface area contributed by atoms with Crippen LogP contribution in [-0.2, 0) is 13.1 Å². The second-order valence-corrected chi connectivity index (χ2v) is 7.26. The number of ether oxygens (including phenoxy) is 1. The maximum atomic E-state index is 12.7. The van der Waals surface area contributed by atoms with Gasteiger partial charge in [-0.15, -0.1) is 0 Å². The number of carbonyl (C=O) groups is 1. The van der Waals surface area contributed by atoms with Crippen molar-refractivity contribution in [1.82, 2.24) is 20.1 Å². The van der Waals surface area contributed by atoms with E-state index in [2.05, 4.69) is 27.5 Å². The highest BCUT2D eigenvalue weighted by atomic mass is 16.5. The van der Waals surface area contributed by atoms with E-state index >= 15 is 0 Å². The molecular weight excluding hydrogens is 376 g/mol. The molecular formula is C24H24N4O2. The molecule has 0 saturated carbocycles. The minimum absolute atomic E-state index is 0.206. The quantitative estimate of drug-likeness (QED) is 0.530. The lowest BCUT2D eigenvalue weighted by atomic mass is 10.1. The SMILES string of the molecule is COc1ccc2cc(C(=O)NCc3c(C)nn(Cc4ccccc4)c3C)ncc2c1. The van der Waals surface area contributed by atoms with Gasteiger partial charge in [-0.05, 0) is 43.0 Å². The fourth-order valence-corrected chi connectivity index (χ4v) is 3.53. The van der Waals surface area contributed by atoms with E-state index < -0.39 is 0 Å². The van der Waals surface area contributed by atoms with Crippen LogP contribution >= 0.6 is 0 Å². The second kappa shape index (κ2) is 8.37. The molecule has 6 nitrogen and oxygen atoms in total. The van der Waals surface area contributed by atoms with E-state index in [9.17, 15) is 4.79 Å². The Balaban J connectivity index is 1.48. The number of carbonyl (C=O) groups excluding carboxylic acids is 1. The number of aromatic nitrogens is 3. The zero-order valence-electron chi connectivity index (χ0n) is 17.3. The van der Waals surface area contributed by atoms with Gasteiger partial charge in [0.1, 0.15) is 11.4 Å². The first-order valence-corrected chi connectivity index (χ1v) is 9.84. The maximum Gasteiger partial charge on any atom is 0.270 e. The largest absolute Gasteiger partial charge is 0.497 e. The highest BCUT2D eigenvalue weighted by Crippen LogP contribution is 2.21. The van der Waals surface area contributed by atoms with Gasteiger partial charge in [-0.25, -0.2) is 0 Å². The zero-order chi connectivity index (χ0) is 21.1. The minimum atomic E-state index is -0.206. The van der Waals surface area contributed by atoms with Crippen LogP contribution in [0.5, 0.6) is 5.75 Å². The molecule has 0 radical (unpaired) electrons. The monoisotopic (exact) mass is 400 g/mol. The lowest BCUT2D eigenvalue weighted by Crippen LogP contribution is -2.24. The van der Waals surface area contributed by atoms with Gasteiger partial charge >= 0.3 is 0 Å². The zero-order valence-corrected chi connectivity index (χ0v) is 17.3. The van der Waals surface area contributed by atoms with Crippen LogP contribution in [0.15, 0.2) is 60.8 Å². The summed E-state index contributed by atoms with van der Waals surface area (Å²) in [7, 11) is 1.63. The van der Waals surface area contributed by atoms with Crippen molar-refractivity contribution in [3.05, 3.63) is 89.0 Å². The van der Waals surface area contributed by atoms with Crippen molar-refractivity contribution in [3.8, 4) is 5.75 Å². The molecule has 30 heavy (non-hydrogen) atoms. The fourth-order valence-electron chi connectivity index (χ4n) is 3.53. The third-order valence-electron chi connectivity index (χ3n) is 5.29. The predicted octanol–water partition coefficient (Wildman–Crippen LogP) is 4.04. The van der Waals surface area contributed by atoms with Gasteiger partial charge in [-0.3, -0.25) is 14.5 Å². The average molecular weight is 400 g/mol. The number of hydrogen-bond acceptors (Lipinski definition) is 4. The Bertz CT molecular complexity index is 1200. The summed E-state index contributed by atoms with van der Waals surface area (Å²) < 4.78 is 7.21. The van der Waals surface area contributed by atoms with E-state index in [-0.39, 0.29) is 5.91 Å². The fraction of sp³-hybridized carbons (Fsp3) is 0.208. The number of pyridine rings is 1. The summed E-state index contributed by atoms with van der Waals surface area (Å²) in [5.74, 6) is 0.558. The van der Waals surface area contributed by atoms with Crippen LogP contribution in [0.1, 0.15) is 33.0 Å². The molecule has 2 heterocycles. The van der Waals surface area contributed by atoms with Crippen LogP contribution in [0.3, 0.4) is 0 Å². The van der Waals surface area contributed by atoms with E-state index in [0.29, 0.717) is 18.8 Å². The van der Waals surface area contributed by atoms with Crippen LogP contribution in [0.4, 0.5) is 0 Å². The van der Waals surface area contributed by atoms with Gasteiger partial charge in [0, 0.05) is 29.4 Å². The topological polar surface area (TPSA) is 69.0 Å². The van der Waals surface area contributed by atoms with Crippen molar-refractivity contribution in [2.24, 2.45) is 0 Å². The molecule has 0 atom stereocenters. The number of rotatable bonds is 6. The van der Waals surface area contributed by atoms with Crippen molar-refractivity contribution < 1.29 is 9.53 Å². The highest BCUT2D eigenvalue weighted by molar-refractivity contribution is 5.96. The molecule has 4 aromatic rings. The molecule has 4 rings (SSSR count). The van der Waals surface area contributed by atoms with Crippen LogP contribution in [0, 0.1) is 13.8 Å². The van der Waals surface area contributed by atoms with Crippen LogP contribution in [-0.4, -0.2) is 27.8 Å². The molecule has 1 N–H and O–H groups in total.